The van der Waals surface area contributed by atoms with E-state index < -0.39 is 39.5 Å². The molecule has 0 saturated heterocycles. The summed E-state index contributed by atoms with van der Waals surface area (Å²) in [6.07, 6.45) is 0. The van der Waals surface area contributed by atoms with Crippen molar-refractivity contribution in [3.63, 3.8) is 0 Å². The first-order chi connectivity index (χ1) is 8.87. The van der Waals surface area contributed by atoms with Crippen molar-refractivity contribution in [2.45, 2.75) is 12.1 Å². The van der Waals surface area contributed by atoms with Crippen LogP contribution in [0.15, 0.2) is 0 Å². The van der Waals surface area contributed by atoms with Gasteiger partial charge in [0, 0.05) is 0 Å². The molecule has 0 aromatic rings. The minimum absolute atomic E-state index is 0.0672. The van der Waals surface area contributed by atoms with Crippen molar-refractivity contribution in [1.82, 2.24) is 32.0 Å². The first kappa shape index (κ1) is 18.4. The van der Waals surface area contributed by atoms with Crippen LogP contribution in [-0.4, -0.2) is 39.5 Å². The van der Waals surface area contributed by atoms with Crippen LogP contribution in [0, 0.1) is 0 Å². The Kier molecular flexibility index (Phi) is 5.74. The summed E-state index contributed by atoms with van der Waals surface area (Å²) in [5.74, 6) is 0. The number of carbonyl (C=O) groups excluding carboxylic acids is 1. The molecule has 7 nitrogen and oxygen atoms in total. The number of nitrogens with zero attached hydrogens (tertiary/aromatic N) is 4. The number of rotatable bonds is 6. The van der Waals surface area contributed by atoms with Gasteiger partial charge in [0.15, 0.2) is 0 Å². The lowest BCUT2D eigenvalue weighted by Gasteiger charge is -2.28. The van der Waals surface area contributed by atoms with Crippen molar-refractivity contribution >= 4 is 6.03 Å². The number of urea groups is 1. The van der Waals surface area contributed by atoms with Gasteiger partial charge in [0.2, 0.25) is 0 Å². The summed E-state index contributed by atoms with van der Waals surface area (Å²) in [7, 11) is 0. The third-order valence-corrected chi connectivity index (χ3v) is 1.44. The average Bonchev–Trinajstić information content (AvgIpc) is 2.27. The molecule has 0 aliphatic rings. The fraction of sp³-hybridized carbons (Fsp3) is 0.667. The third kappa shape index (κ3) is 3.71. The Morgan fingerprint density at radius 2 is 0.850 bits per heavy atom. The van der Waals surface area contributed by atoms with Crippen molar-refractivity contribution in [3.05, 3.63) is 0 Å². The summed E-state index contributed by atoms with van der Waals surface area (Å²) >= 11 is 0. The second-order valence-corrected chi connectivity index (χ2v) is 2.69. The molecule has 20 heavy (non-hydrogen) atoms. The summed E-state index contributed by atoms with van der Waals surface area (Å²) in [5.41, 5.74) is 0. The van der Waals surface area contributed by atoms with E-state index in [1.165, 1.54) is 0 Å². The van der Waals surface area contributed by atoms with Gasteiger partial charge < -0.3 is 0 Å². The topological polar surface area (TPSA) is 54.1 Å². The van der Waals surface area contributed by atoms with Crippen LogP contribution in [0.1, 0.15) is 0 Å². The van der Waals surface area contributed by atoms with Gasteiger partial charge in [-0.15, -0.1) is 0 Å². The maximum atomic E-state index is 12.7. The van der Waals surface area contributed by atoms with Gasteiger partial charge in [-0.3, -0.25) is 10.6 Å². The molecular weight excluding hydrogens is 326 g/mol. The lowest BCUT2D eigenvalue weighted by atomic mass is 10.7. The van der Waals surface area contributed by atoms with E-state index in [0.29, 0.717) is 0 Å². The van der Waals surface area contributed by atoms with E-state index in [9.17, 15) is 49.4 Å². The van der Waals surface area contributed by atoms with Crippen LogP contribution < -0.4 is 10.6 Å². The van der Waals surface area contributed by atoms with Crippen molar-refractivity contribution < 1.29 is 49.4 Å². The fourth-order valence-electron chi connectivity index (χ4n) is 0.603. The average molecular weight is 328 g/mol. The normalized spacial score (nSPS) is 13.5. The Morgan fingerprint density at radius 1 is 0.650 bits per heavy atom. The highest BCUT2D eigenvalue weighted by Crippen LogP contribution is 2.24. The van der Waals surface area contributed by atoms with E-state index in [-0.39, 0.29) is 10.6 Å². The zero-order valence-electron chi connectivity index (χ0n) is 8.48. The zero-order valence-corrected chi connectivity index (χ0v) is 8.48. The molecule has 0 aromatic carbocycles. The molecular formula is C3H2F10N6O. The first-order valence-corrected chi connectivity index (χ1v) is 3.83. The van der Waals surface area contributed by atoms with Gasteiger partial charge >= 0.3 is 18.1 Å². The summed E-state index contributed by atoms with van der Waals surface area (Å²) in [5, 5.41) is -12.0. The van der Waals surface area contributed by atoms with Crippen LogP contribution in [0.5, 0.6) is 0 Å². The number of halogens is 10. The monoisotopic (exact) mass is 328 g/mol. The van der Waals surface area contributed by atoms with E-state index in [4.69, 9.17) is 0 Å². The number of carbonyl (C=O) groups is 1. The number of nitrogens with one attached hydrogen (secondary N) is 2. The van der Waals surface area contributed by atoms with Gasteiger partial charge in [-0.1, -0.05) is 35.9 Å². The van der Waals surface area contributed by atoms with Crippen LogP contribution in [-0.2, 0) is 0 Å². The summed E-state index contributed by atoms with van der Waals surface area (Å²) in [4.78, 5) is 10.5. The van der Waals surface area contributed by atoms with Gasteiger partial charge in [-0.05, 0) is 0 Å². The summed E-state index contributed by atoms with van der Waals surface area (Å²) in [6.45, 7) is 0. The molecule has 120 valence electrons. The fourth-order valence-corrected chi connectivity index (χ4v) is 0.603. The standard InChI is InChI=1S/C3H2F10N6O/c4-2(16(6)7,17(8)9)14-1(20)15-3(5,18(10)11)19(12)13/h(H2,14,15,20). The molecule has 0 heterocycles. The molecule has 2 N–H and O–H groups in total. The first-order valence-electron chi connectivity index (χ1n) is 3.83. The van der Waals surface area contributed by atoms with Gasteiger partial charge in [0.25, 0.3) is 0 Å². The minimum atomic E-state index is -5.39. The van der Waals surface area contributed by atoms with E-state index >= 15 is 0 Å². The molecule has 0 aromatic heterocycles. The molecule has 0 radical (unpaired) electrons. The number of amides is 2. The summed E-state index contributed by atoms with van der Waals surface area (Å²) in [6, 6.07) is -13.7. The van der Waals surface area contributed by atoms with Crippen LogP contribution in [0.4, 0.5) is 49.4 Å². The van der Waals surface area contributed by atoms with Crippen molar-refractivity contribution in [1.29, 1.82) is 0 Å². The maximum absolute atomic E-state index is 12.7. The Hall–Kier alpha value is -1.59. The van der Waals surface area contributed by atoms with Crippen molar-refractivity contribution in [3.8, 4) is 0 Å². The predicted octanol–water partition coefficient (Wildman–Crippen LogP) is 1.73. The Morgan fingerprint density at radius 3 is 1.00 bits per heavy atom. The van der Waals surface area contributed by atoms with E-state index in [1.807, 2.05) is 0 Å². The molecule has 0 fully saturated rings. The molecule has 0 rings (SSSR count). The van der Waals surface area contributed by atoms with Crippen molar-refractivity contribution in [2.75, 3.05) is 0 Å². The molecule has 0 saturated carbocycles. The zero-order chi connectivity index (χ0) is 16.3. The minimum Gasteiger partial charge on any atom is -0.271 e. The highest BCUT2D eigenvalue weighted by atomic mass is 19.4. The van der Waals surface area contributed by atoms with Crippen LogP contribution in [0.25, 0.3) is 0 Å². The predicted molar refractivity (Wildman–Crippen MR) is 35.6 cm³/mol. The lowest BCUT2D eigenvalue weighted by molar-refractivity contribution is -0.431. The summed E-state index contributed by atoms with van der Waals surface area (Å²) < 4.78 is 119. The quantitative estimate of drug-likeness (QED) is 0.337. The van der Waals surface area contributed by atoms with Crippen LogP contribution in [0.3, 0.4) is 0 Å². The molecule has 0 bridgehead atoms. The SMILES string of the molecule is O=C(NC(F)(N(F)F)N(F)F)NC(F)(N(F)F)N(F)F. The highest BCUT2D eigenvalue weighted by Gasteiger charge is 2.54. The van der Waals surface area contributed by atoms with Gasteiger partial charge in [0.1, 0.15) is 21.4 Å². The Bertz CT molecular complexity index is 291. The third-order valence-electron chi connectivity index (χ3n) is 1.44. The second kappa shape index (κ2) is 6.24. The number of hydrogen-bond donors (Lipinski definition) is 2. The molecule has 2 amide bonds. The van der Waals surface area contributed by atoms with E-state index in [1.54, 1.807) is 0 Å². The molecule has 0 aliphatic carbocycles. The molecule has 0 unspecified atom stereocenters. The largest absolute Gasteiger partial charge is 0.412 e. The van der Waals surface area contributed by atoms with E-state index in [2.05, 4.69) is 0 Å². The van der Waals surface area contributed by atoms with Gasteiger partial charge in [0.05, 0.1) is 0 Å². The Labute approximate surface area is 101 Å². The van der Waals surface area contributed by atoms with Gasteiger partial charge in [-0.25, -0.2) is 4.79 Å². The van der Waals surface area contributed by atoms with Crippen LogP contribution >= 0.6 is 0 Å². The lowest BCUT2D eigenvalue weighted by Crippen LogP contribution is -2.66. The molecule has 17 heteroatoms. The molecule has 0 spiro atoms. The smallest absolute Gasteiger partial charge is 0.271 e. The van der Waals surface area contributed by atoms with Crippen molar-refractivity contribution in [2.24, 2.45) is 0 Å². The van der Waals surface area contributed by atoms with E-state index in [0.717, 1.165) is 0 Å². The highest BCUT2D eigenvalue weighted by molar-refractivity contribution is 5.74. The van der Waals surface area contributed by atoms with Gasteiger partial charge in [-0.2, -0.15) is 8.78 Å². The maximum Gasteiger partial charge on any atom is 0.412 e. The van der Waals surface area contributed by atoms with Crippen LogP contribution in [0.2, 0.25) is 0 Å². The number of alkyl halides is 2. The molecule has 0 atom stereocenters. The Balaban J connectivity index is 5.02. The second-order valence-electron chi connectivity index (χ2n) is 2.69. The number of hydrogen-bond acceptors (Lipinski definition) is 5. The molecule has 0 aliphatic heterocycles.